The molecule has 1 aliphatic rings. The number of anilines is 1. The third-order valence-electron chi connectivity index (χ3n) is 5.22. The number of rotatable bonds is 6. The predicted molar refractivity (Wildman–Crippen MR) is 105 cm³/mol. The van der Waals surface area contributed by atoms with Gasteiger partial charge in [0.25, 0.3) is 0 Å². The molecule has 138 valence electrons. The maximum Gasteiger partial charge on any atom is 0.214 e. The lowest BCUT2D eigenvalue weighted by atomic mass is 9.89. The fraction of sp³-hybridized carbons (Fsp3) is 0.526. The SMILES string of the molecule is CCC(CC)C1CC(Nc2nn3cc(-c4cccnc4)nc3s2)CCO1. The summed E-state index contributed by atoms with van der Waals surface area (Å²) in [5.41, 5.74) is 1.92. The van der Waals surface area contributed by atoms with Crippen molar-refractivity contribution in [3.63, 3.8) is 0 Å². The fourth-order valence-corrected chi connectivity index (χ4v) is 4.55. The second-order valence-corrected chi connectivity index (χ2v) is 7.81. The van der Waals surface area contributed by atoms with Gasteiger partial charge in [-0.25, -0.2) is 9.50 Å². The van der Waals surface area contributed by atoms with Crippen LogP contribution in [0, 0.1) is 5.92 Å². The summed E-state index contributed by atoms with van der Waals surface area (Å²) in [5, 5.41) is 9.20. The summed E-state index contributed by atoms with van der Waals surface area (Å²) in [4.78, 5) is 9.73. The summed E-state index contributed by atoms with van der Waals surface area (Å²) in [6, 6.07) is 4.35. The lowest BCUT2D eigenvalue weighted by molar-refractivity contribution is -0.0271. The van der Waals surface area contributed by atoms with Crippen LogP contribution in [-0.4, -0.2) is 38.3 Å². The molecule has 1 N–H and O–H groups in total. The standard InChI is InChI=1S/C19H25N5OS/c1-3-13(4-2)17-10-15(7-9-25-17)21-18-23-24-12-16(22-19(24)26-18)14-6-5-8-20-11-14/h5-6,8,11-13,15,17H,3-4,7,9-10H2,1-2H3,(H,21,23). The van der Waals surface area contributed by atoms with E-state index in [0.717, 1.165) is 40.8 Å². The van der Waals surface area contributed by atoms with Crippen molar-refractivity contribution in [2.75, 3.05) is 11.9 Å². The van der Waals surface area contributed by atoms with Gasteiger partial charge in [0.15, 0.2) is 0 Å². The Morgan fingerprint density at radius 1 is 1.38 bits per heavy atom. The molecular weight excluding hydrogens is 346 g/mol. The van der Waals surface area contributed by atoms with Gasteiger partial charge in [0.2, 0.25) is 10.1 Å². The van der Waals surface area contributed by atoms with E-state index in [0.29, 0.717) is 18.1 Å². The molecule has 26 heavy (non-hydrogen) atoms. The van der Waals surface area contributed by atoms with Crippen LogP contribution in [0.2, 0.25) is 0 Å². The van der Waals surface area contributed by atoms with Gasteiger partial charge in [-0.3, -0.25) is 4.98 Å². The van der Waals surface area contributed by atoms with E-state index in [1.54, 1.807) is 17.5 Å². The Morgan fingerprint density at radius 2 is 2.27 bits per heavy atom. The molecule has 2 atom stereocenters. The topological polar surface area (TPSA) is 64.3 Å². The molecular formula is C19H25N5OS. The first-order chi connectivity index (χ1) is 12.8. The minimum Gasteiger partial charge on any atom is -0.378 e. The lowest BCUT2D eigenvalue weighted by Crippen LogP contribution is -2.37. The second kappa shape index (κ2) is 7.72. The molecule has 2 unspecified atom stereocenters. The zero-order valence-corrected chi connectivity index (χ0v) is 16.1. The van der Waals surface area contributed by atoms with E-state index in [4.69, 9.17) is 4.74 Å². The molecule has 4 heterocycles. The van der Waals surface area contributed by atoms with E-state index >= 15 is 0 Å². The Morgan fingerprint density at radius 3 is 3.00 bits per heavy atom. The molecule has 0 amide bonds. The van der Waals surface area contributed by atoms with Crippen molar-refractivity contribution in [3.05, 3.63) is 30.7 Å². The van der Waals surface area contributed by atoms with Crippen molar-refractivity contribution in [2.45, 2.75) is 51.7 Å². The Kier molecular flexibility index (Phi) is 5.17. The van der Waals surface area contributed by atoms with E-state index in [1.807, 2.05) is 29.0 Å². The normalized spacial score (nSPS) is 20.7. The zero-order valence-electron chi connectivity index (χ0n) is 15.3. The van der Waals surface area contributed by atoms with Crippen LogP contribution in [0.15, 0.2) is 30.7 Å². The van der Waals surface area contributed by atoms with Gasteiger partial charge in [-0.15, -0.1) is 5.10 Å². The molecule has 4 rings (SSSR count). The highest BCUT2D eigenvalue weighted by Crippen LogP contribution is 2.29. The quantitative estimate of drug-likeness (QED) is 0.702. The Bertz CT molecular complexity index is 811. The van der Waals surface area contributed by atoms with E-state index < -0.39 is 0 Å². The Hall–Kier alpha value is -1.99. The third-order valence-corrected chi connectivity index (χ3v) is 6.07. The number of hydrogen-bond acceptors (Lipinski definition) is 6. The number of aromatic nitrogens is 4. The average Bonchev–Trinajstić information content (AvgIpc) is 3.22. The van der Waals surface area contributed by atoms with E-state index in [2.05, 4.69) is 34.2 Å². The molecule has 1 saturated heterocycles. The van der Waals surface area contributed by atoms with Gasteiger partial charge in [-0.2, -0.15) is 0 Å². The summed E-state index contributed by atoms with van der Waals surface area (Å²) in [7, 11) is 0. The third kappa shape index (κ3) is 3.59. The first kappa shape index (κ1) is 17.4. The largest absolute Gasteiger partial charge is 0.378 e. The molecule has 1 fully saturated rings. The average molecular weight is 372 g/mol. The molecule has 3 aromatic rings. The van der Waals surface area contributed by atoms with Crippen molar-refractivity contribution in [2.24, 2.45) is 5.92 Å². The van der Waals surface area contributed by atoms with Crippen molar-refractivity contribution in [1.29, 1.82) is 0 Å². The van der Waals surface area contributed by atoms with Crippen molar-refractivity contribution < 1.29 is 4.74 Å². The zero-order chi connectivity index (χ0) is 17.9. The highest BCUT2D eigenvalue weighted by molar-refractivity contribution is 7.20. The van der Waals surface area contributed by atoms with Gasteiger partial charge in [0.1, 0.15) is 0 Å². The number of pyridine rings is 1. The fourth-order valence-electron chi connectivity index (χ4n) is 3.69. The maximum atomic E-state index is 6.02. The van der Waals surface area contributed by atoms with Gasteiger partial charge in [0, 0.05) is 30.6 Å². The second-order valence-electron chi connectivity index (χ2n) is 6.85. The highest BCUT2D eigenvalue weighted by atomic mass is 32.1. The molecule has 7 heteroatoms. The highest BCUT2D eigenvalue weighted by Gasteiger charge is 2.28. The smallest absolute Gasteiger partial charge is 0.214 e. The van der Waals surface area contributed by atoms with E-state index in [9.17, 15) is 0 Å². The summed E-state index contributed by atoms with van der Waals surface area (Å²) in [6.07, 6.45) is 10.3. The number of fused-ring (bicyclic) bond motifs is 1. The lowest BCUT2D eigenvalue weighted by Gasteiger charge is -2.34. The molecule has 0 saturated carbocycles. The summed E-state index contributed by atoms with van der Waals surface area (Å²) < 4.78 is 7.87. The van der Waals surface area contributed by atoms with Crippen molar-refractivity contribution >= 4 is 21.4 Å². The van der Waals surface area contributed by atoms with Gasteiger partial charge in [-0.05, 0) is 30.9 Å². The Labute approximate surface area is 157 Å². The molecule has 0 aromatic carbocycles. The van der Waals surface area contributed by atoms with Crippen LogP contribution in [0.4, 0.5) is 5.13 Å². The number of ether oxygens (including phenoxy) is 1. The first-order valence-electron chi connectivity index (χ1n) is 9.41. The molecule has 6 nitrogen and oxygen atoms in total. The van der Waals surface area contributed by atoms with Gasteiger partial charge in [0.05, 0.1) is 18.0 Å². The van der Waals surface area contributed by atoms with Crippen LogP contribution in [0.3, 0.4) is 0 Å². The summed E-state index contributed by atoms with van der Waals surface area (Å²) >= 11 is 1.60. The predicted octanol–water partition coefficient (Wildman–Crippen LogP) is 4.25. The van der Waals surface area contributed by atoms with E-state index in [1.165, 1.54) is 12.8 Å². The van der Waals surface area contributed by atoms with Gasteiger partial charge < -0.3 is 10.1 Å². The van der Waals surface area contributed by atoms with Crippen LogP contribution >= 0.6 is 11.3 Å². The van der Waals surface area contributed by atoms with Gasteiger partial charge >= 0.3 is 0 Å². The van der Waals surface area contributed by atoms with Crippen LogP contribution in [0.5, 0.6) is 0 Å². The molecule has 0 spiro atoms. The van der Waals surface area contributed by atoms with Crippen LogP contribution < -0.4 is 5.32 Å². The van der Waals surface area contributed by atoms with Crippen molar-refractivity contribution in [3.8, 4) is 11.3 Å². The van der Waals surface area contributed by atoms with Crippen LogP contribution in [0.25, 0.3) is 16.2 Å². The molecule has 3 aromatic heterocycles. The number of hydrogen-bond donors (Lipinski definition) is 1. The Balaban J connectivity index is 1.45. The monoisotopic (exact) mass is 371 g/mol. The molecule has 0 radical (unpaired) electrons. The van der Waals surface area contributed by atoms with Crippen LogP contribution in [0.1, 0.15) is 39.5 Å². The minimum absolute atomic E-state index is 0.359. The summed E-state index contributed by atoms with van der Waals surface area (Å²) in [6.45, 7) is 5.33. The van der Waals surface area contributed by atoms with Gasteiger partial charge in [-0.1, -0.05) is 38.0 Å². The molecule has 1 aliphatic heterocycles. The first-order valence-corrected chi connectivity index (χ1v) is 10.2. The number of nitrogens with zero attached hydrogens (tertiary/aromatic N) is 4. The number of imidazole rings is 1. The summed E-state index contributed by atoms with van der Waals surface area (Å²) in [5.74, 6) is 0.648. The molecule has 0 bridgehead atoms. The minimum atomic E-state index is 0.359. The van der Waals surface area contributed by atoms with Crippen LogP contribution in [-0.2, 0) is 4.74 Å². The van der Waals surface area contributed by atoms with Crippen molar-refractivity contribution in [1.82, 2.24) is 19.6 Å². The van der Waals surface area contributed by atoms with E-state index in [-0.39, 0.29) is 0 Å². The number of nitrogens with one attached hydrogen (secondary N) is 1. The molecule has 0 aliphatic carbocycles. The maximum absolute atomic E-state index is 6.02.